The predicted octanol–water partition coefficient (Wildman–Crippen LogP) is 4.71. The van der Waals surface area contributed by atoms with Gasteiger partial charge in [0.2, 0.25) is 0 Å². The van der Waals surface area contributed by atoms with E-state index >= 15 is 0 Å². The molecule has 0 N–H and O–H groups in total. The number of carbonyl (C=O) groups excluding carboxylic acids is 1. The lowest BCUT2D eigenvalue weighted by Gasteiger charge is -2.07. The van der Waals surface area contributed by atoms with Crippen LogP contribution in [0.3, 0.4) is 0 Å². The van der Waals surface area contributed by atoms with Crippen LogP contribution in [0.15, 0.2) is 53.4 Å². The van der Waals surface area contributed by atoms with Gasteiger partial charge in [0.15, 0.2) is 5.78 Å². The first-order valence-corrected chi connectivity index (χ1v) is 8.07. The third-order valence-electron chi connectivity index (χ3n) is 4.13. The molecule has 0 amide bonds. The molecule has 3 aromatic rings. The fourth-order valence-electron chi connectivity index (χ4n) is 3.10. The molecule has 0 bridgehead atoms. The Balaban J connectivity index is 2.05. The Morgan fingerprint density at radius 3 is 2.35 bits per heavy atom. The van der Waals surface area contributed by atoms with Crippen molar-refractivity contribution in [3.8, 4) is 22.3 Å². The zero-order chi connectivity index (χ0) is 16.0. The van der Waals surface area contributed by atoms with Gasteiger partial charge in [0, 0.05) is 36.5 Å². The van der Waals surface area contributed by atoms with Gasteiger partial charge in [-0.25, -0.2) is 4.39 Å². The summed E-state index contributed by atoms with van der Waals surface area (Å²) in [7, 11) is 0. The summed E-state index contributed by atoms with van der Waals surface area (Å²) in [6, 6.07) is 10.1. The van der Waals surface area contributed by atoms with Crippen molar-refractivity contribution in [3.63, 3.8) is 0 Å². The molecule has 0 radical (unpaired) electrons. The molecular formula is C18H12BrFN2O. The maximum atomic E-state index is 13.3. The Hall–Kier alpha value is -2.27. The van der Waals surface area contributed by atoms with Crippen molar-refractivity contribution in [2.24, 2.45) is 0 Å². The number of aromatic nitrogens is 2. The van der Waals surface area contributed by atoms with E-state index in [9.17, 15) is 9.18 Å². The van der Waals surface area contributed by atoms with Crippen molar-refractivity contribution in [3.05, 3.63) is 64.9 Å². The van der Waals surface area contributed by atoms with E-state index in [4.69, 9.17) is 0 Å². The van der Waals surface area contributed by atoms with E-state index in [0.717, 1.165) is 26.9 Å². The second-order valence-electron chi connectivity index (χ2n) is 5.46. The molecule has 5 heteroatoms. The van der Waals surface area contributed by atoms with Crippen molar-refractivity contribution in [2.75, 3.05) is 0 Å². The topological polar surface area (TPSA) is 34.9 Å². The highest BCUT2D eigenvalue weighted by molar-refractivity contribution is 9.10. The summed E-state index contributed by atoms with van der Waals surface area (Å²) in [5, 5.41) is 0. The second kappa shape index (κ2) is 5.42. The molecule has 0 unspecified atom stereocenters. The van der Waals surface area contributed by atoms with Crippen LogP contribution in [0.1, 0.15) is 16.9 Å². The van der Waals surface area contributed by atoms with Gasteiger partial charge in [0.25, 0.3) is 0 Å². The van der Waals surface area contributed by atoms with Crippen LogP contribution in [0, 0.1) is 5.82 Å². The minimum Gasteiger partial charge on any atom is -0.331 e. The molecule has 3 nitrogen and oxygen atoms in total. The molecule has 3 heterocycles. The summed E-state index contributed by atoms with van der Waals surface area (Å²) < 4.78 is 16.2. The molecule has 0 aliphatic carbocycles. The van der Waals surface area contributed by atoms with Crippen LogP contribution >= 0.6 is 15.9 Å². The largest absolute Gasteiger partial charge is 0.331 e. The zero-order valence-corrected chi connectivity index (χ0v) is 13.7. The molecule has 0 saturated carbocycles. The second-order valence-corrected chi connectivity index (χ2v) is 6.21. The maximum Gasteiger partial charge on any atom is 0.181 e. The Kier molecular flexibility index (Phi) is 3.38. The average molecular weight is 371 g/mol. The summed E-state index contributed by atoms with van der Waals surface area (Å²) in [5.41, 5.74) is 4.30. The first-order chi connectivity index (χ1) is 11.2. The van der Waals surface area contributed by atoms with E-state index in [1.807, 2.05) is 16.7 Å². The van der Waals surface area contributed by atoms with Crippen molar-refractivity contribution in [1.29, 1.82) is 0 Å². The van der Waals surface area contributed by atoms with Gasteiger partial charge in [0.05, 0.1) is 10.3 Å². The molecule has 0 fully saturated rings. The van der Waals surface area contributed by atoms with Crippen LogP contribution in [-0.4, -0.2) is 15.3 Å². The number of hydrogen-bond acceptors (Lipinski definition) is 2. The number of pyridine rings is 1. The van der Waals surface area contributed by atoms with Crippen LogP contribution in [0.5, 0.6) is 0 Å². The normalized spacial score (nSPS) is 13.4. The van der Waals surface area contributed by atoms with Gasteiger partial charge in [-0.15, -0.1) is 0 Å². The molecule has 4 rings (SSSR count). The lowest BCUT2D eigenvalue weighted by Crippen LogP contribution is -1.96. The van der Waals surface area contributed by atoms with Gasteiger partial charge in [-0.1, -0.05) is 12.1 Å². The predicted molar refractivity (Wildman–Crippen MR) is 89.7 cm³/mol. The summed E-state index contributed by atoms with van der Waals surface area (Å²) in [4.78, 5) is 16.4. The third kappa shape index (κ3) is 2.23. The van der Waals surface area contributed by atoms with E-state index < -0.39 is 0 Å². The molecule has 2 aromatic heterocycles. The Morgan fingerprint density at radius 2 is 1.65 bits per heavy atom. The molecular weight excluding hydrogens is 359 g/mol. The molecule has 1 aromatic carbocycles. The summed E-state index contributed by atoms with van der Waals surface area (Å²) in [6.45, 7) is 0.661. The molecule has 0 spiro atoms. The smallest absolute Gasteiger partial charge is 0.181 e. The third-order valence-corrected chi connectivity index (χ3v) is 4.95. The van der Waals surface area contributed by atoms with Crippen LogP contribution in [-0.2, 0) is 6.54 Å². The molecule has 114 valence electrons. The lowest BCUT2D eigenvalue weighted by molar-refractivity contribution is 0.0995. The van der Waals surface area contributed by atoms with E-state index in [1.54, 1.807) is 24.5 Å². The highest BCUT2D eigenvalue weighted by atomic mass is 79.9. The van der Waals surface area contributed by atoms with Gasteiger partial charge in [-0.05, 0) is 51.3 Å². The van der Waals surface area contributed by atoms with Gasteiger partial charge >= 0.3 is 0 Å². The van der Waals surface area contributed by atoms with Crippen LogP contribution in [0.4, 0.5) is 4.39 Å². The Labute approximate surface area is 140 Å². The van der Waals surface area contributed by atoms with Crippen molar-refractivity contribution in [2.45, 2.75) is 13.0 Å². The van der Waals surface area contributed by atoms with Crippen molar-refractivity contribution >= 4 is 21.7 Å². The molecule has 1 aliphatic rings. The minimum atomic E-state index is -0.291. The first kappa shape index (κ1) is 14.3. The van der Waals surface area contributed by atoms with Gasteiger partial charge in [-0.2, -0.15) is 0 Å². The van der Waals surface area contributed by atoms with Gasteiger partial charge < -0.3 is 4.57 Å². The average Bonchev–Trinajstić information content (AvgIpc) is 3.08. The highest BCUT2D eigenvalue weighted by Gasteiger charge is 2.31. The van der Waals surface area contributed by atoms with E-state index in [0.29, 0.717) is 18.7 Å². The number of benzene rings is 1. The van der Waals surface area contributed by atoms with Crippen LogP contribution < -0.4 is 0 Å². The number of Topliss-reactive ketones (excluding diaryl/α,β-unsaturated/α-hetero) is 1. The zero-order valence-electron chi connectivity index (χ0n) is 12.1. The number of carbonyl (C=O) groups is 1. The van der Waals surface area contributed by atoms with E-state index in [1.165, 1.54) is 12.1 Å². The number of ketones is 1. The summed E-state index contributed by atoms with van der Waals surface area (Å²) >= 11 is 3.65. The van der Waals surface area contributed by atoms with Crippen molar-refractivity contribution in [1.82, 2.24) is 9.55 Å². The van der Waals surface area contributed by atoms with E-state index in [-0.39, 0.29) is 11.6 Å². The van der Waals surface area contributed by atoms with Crippen LogP contribution in [0.25, 0.3) is 22.3 Å². The molecule has 23 heavy (non-hydrogen) atoms. The number of hydrogen-bond donors (Lipinski definition) is 0. The van der Waals surface area contributed by atoms with Gasteiger partial charge in [0.1, 0.15) is 5.82 Å². The van der Waals surface area contributed by atoms with Crippen molar-refractivity contribution < 1.29 is 9.18 Å². The standard InChI is InChI=1S/C18H12BrFN2O/c19-18-16(12-5-8-21-9-6-12)15(11-1-3-13(20)4-2-11)17-14(23)7-10-22(17)18/h1-6,8-9H,7,10H2. The Morgan fingerprint density at radius 1 is 1.00 bits per heavy atom. The van der Waals surface area contributed by atoms with Gasteiger partial charge in [-0.3, -0.25) is 9.78 Å². The summed E-state index contributed by atoms with van der Waals surface area (Å²) in [6.07, 6.45) is 3.94. The molecule has 0 saturated heterocycles. The highest BCUT2D eigenvalue weighted by Crippen LogP contribution is 2.44. The molecule has 1 aliphatic heterocycles. The fourth-order valence-corrected chi connectivity index (χ4v) is 3.88. The quantitative estimate of drug-likeness (QED) is 0.654. The number of fused-ring (bicyclic) bond motifs is 1. The number of halogens is 2. The Bertz CT molecular complexity index is 901. The minimum absolute atomic E-state index is 0.116. The number of nitrogens with zero attached hydrogens (tertiary/aromatic N) is 2. The maximum absolute atomic E-state index is 13.3. The van der Waals surface area contributed by atoms with Crippen LogP contribution in [0.2, 0.25) is 0 Å². The first-order valence-electron chi connectivity index (χ1n) is 7.28. The summed E-state index contributed by atoms with van der Waals surface area (Å²) in [5.74, 6) is -0.175. The lowest BCUT2D eigenvalue weighted by atomic mass is 9.96. The SMILES string of the molecule is O=C1CCn2c(Br)c(-c3ccncc3)c(-c3ccc(F)cc3)c21. The van der Waals surface area contributed by atoms with E-state index in [2.05, 4.69) is 20.9 Å². The monoisotopic (exact) mass is 370 g/mol. The molecule has 0 atom stereocenters. The number of rotatable bonds is 2. The fraction of sp³-hybridized carbons (Fsp3) is 0.111.